The maximum Gasteiger partial charge on any atom is 0.292 e. The molecule has 1 saturated heterocycles. The van der Waals surface area contributed by atoms with Gasteiger partial charge in [0, 0.05) is 25.1 Å². The zero-order valence-electron chi connectivity index (χ0n) is 17.4. The van der Waals surface area contributed by atoms with Crippen LogP contribution in [0.4, 0.5) is 5.69 Å². The first kappa shape index (κ1) is 20.7. The van der Waals surface area contributed by atoms with Crippen molar-refractivity contribution in [2.45, 2.75) is 19.8 Å². The van der Waals surface area contributed by atoms with Gasteiger partial charge in [0.2, 0.25) is 17.5 Å². The number of carbonyl (C=O) groups is 2. The first-order valence-corrected chi connectivity index (χ1v) is 10.4. The van der Waals surface area contributed by atoms with Gasteiger partial charge in [-0.3, -0.25) is 9.59 Å². The van der Waals surface area contributed by atoms with E-state index in [1.165, 1.54) is 0 Å². The number of anilines is 1. The quantitative estimate of drug-likeness (QED) is 0.793. The third kappa shape index (κ3) is 5.14. The van der Waals surface area contributed by atoms with Gasteiger partial charge in [-0.2, -0.15) is 0 Å². The average Bonchev–Trinajstić information content (AvgIpc) is 2.81. The van der Waals surface area contributed by atoms with Crippen LogP contribution in [0.25, 0.3) is 0 Å². The molecule has 2 amide bonds. The van der Waals surface area contributed by atoms with Crippen LogP contribution >= 0.6 is 0 Å². The topological polar surface area (TPSA) is 90.0 Å². The summed E-state index contributed by atoms with van der Waals surface area (Å²) in [5, 5.41) is 2.90. The molecule has 1 aromatic heterocycles. The number of para-hydroxylation sites is 1. The molecule has 1 aromatic carbocycles. The van der Waals surface area contributed by atoms with Crippen LogP contribution < -0.4 is 10.1 Å². The lowest BCUT2D eigenvalue weighted by Crippen LogP contribution is -2.43. The number of allylic oxidation sites excluding steroid dienone is 1. The highest BCUT2D eigenvalue weighted by atomic mass is 16.6. The van der Waals surface area contributed by atoms with Gasteiger partial charge >= 0.3 is 0 Å². The van der Waals surface area contributed by atoms with Gasteiger partial charge in [0.15, 0.2) is 0 Å². The highest BCUT2D eigenvalue weighted by molar-refractivity contribution is 5.94. The molecule has 8 heteroatoms. The lowest BCUT2D eigenvalue weighted by Gasteiger charge is -2.32. The van der Waals surface area contributed by atoms with E-state index in [1.54, 1.807) is 30.2 Å². The first-order valence-electron chi connectivity index (χ1n) is 10.4. The molecule has 0 radical (unpaired) electrons. The molecule has 0 aliphatic carbocycles. The molecule has 0 spiro atoms. The summed E-state index contributed by atoms with van der Waals surface area (Å²) < 4.78 is 16.5. The summed E-state index contributed by atoms with van der Waals surface area (Å²) in [5.41, 5.74) is 0.609. The molecule has 8 nitrogen and oxygen atoms in total. The highest BCUT2D eigenvalue weighted by Gasteiger charge is 2.31. The van der Waals surface area contributed by atoms with Crippen LogP contribution in [0, 0.1) is 5.92 Å². The minimum absolute atomic E-state index is 0.0710. The molecule has 162 valence electrons. The molecule has 31 heavy (non-hydrogen) atoms. The van der Waals surface area contributed by atoms with Crippen molar-refractivity contribution in [3.05, 3.63) is 60.2 Å². The number of aromatic nitrogens is 1. The van der Waals surface area contributed by atoms with Crippen molar-refractivity contribution < 1.29 is 23.8 Å². The monoisotopic (exact) mass is 423 g/mol. The number of ether oxygens (including phenoxy) is 3. The zero-order chi connectivity index (χ0) is 21.6. The fraction of sp³-hybridized carbons (Fsp3) is 0.348. The Morgan fingerprint density at radius 1 is 1.06 bits per heavy atom. The highest BCUT2D eigenvalue weighted by Crippen LogP contribution is 2.24. The molecule has 2 aliphatic heterocycles. The van der Waals surface area contributed by atoms with E-state index in [2.05, 4.69) is 10.3 Å². The summed E-state index contributed by atoms with van der Waals surface area (Å²) in [6.45, 7) is 3.56. The molecule has 1 fully saturated rings. The van der Waals surface area contributed by atoms with Crippen LogP contribution in [0.15, 0.2) is 60.2 Å². The van der Waals surface area contributed by atoms with Gasteiger partial charge in [0.05, 0.1) is 11.9 Å². The first-order chi connectivity index (χ1) is 15.1. The van der Waals surface area contributed by atoms with Crippen molar-refractivity contribution in [3.63, 3.8) is 0 Å². The SMILES string of the molecule is CC1=C(C(=O)N2CCC(C(=O)Nc3ccc(Oc4ccccc4)nc3)CC2)OCCO1. The second-order valence-electron chi connectivity index (χ2n) is 7.44. The molecule has 2 aromatic rings. The smallest absolute Gasteiger partial charge is 0.292 e. The predicted molar refractivity (Wildman–Crippen MR) is 113 cm³/mol. The molecule has 0 saturated carbocycles. The second kappa shape index (κ2) is 9.51. The Bertz CT molecular complexity index is 951. The van der Waals surface area contributed by atoms with Gasteiger partial charge in [-0.05, 0) is 38.0 Å². The van der Waals surface area contributed by atoms with E-state index in [9.17, 15) is 9.59 Å². The van der Waals surface area contributed by atoms with Crippen molar-refractivity contribution in [1.29, 1.82) is 0 Å². The van der Waals surface area contributed by atoms with Crippen molar-refractivity contribution in [1.82, 2.24) is 9.88 Å². The van der Waals surface area contributed by atoms with Crippen molar-refractivity contribution in [2.75, 3.05) is 31.6 Å². The summed E-state index contributed by atoms with van der Waals surface area (Å²) in [6, 6.07) is 12.9. The Hall–Kier alpha value is -3.55. The molecule has 1 N–H and O–H groups in total. The fourth-order valence-corrected chi connectivity index (χ4v) is 3.57. The molecule has 3 heterocycles. The van der Waals surface area contributed by atoms with Gasteiger partial charge in [0.1, 0.15) is 24.7 Å². The fourth-order valence-electron chi connectivity index (χ4n) is 3.57. The number of nitrogens with zero attached hydrogens (tertiary/aromatic N) is 2. The number of hydrogen-bond donors (Lipinski definition) is 1. The maximum absolute atomic E-state index is 12.6. The van der Waals surface area contributed by atoms with E-state index in [0.29, 0.717) is 62.2 Å². The van der Waals surface area contributed by atoms with E-state index in [4.69, 9.17) is 14.2 Å². The van der Waals surface area contributed by atoms with Crippen LogP contribution in [0.5, 0.6) is 11.6 Å². The second-order valence-corrected chi connectivity index (χ2v) is 7.44. The Labute approximate surface area is 180 Å². The third-order valence-electron chi connectivity index (χ3n) is 5.28. The van der Waals surface area contributed by atoms with Crippen LogP contribution in [0.3, 0.4) is 0 Å². The van der Waals surface area contributed by atoms with E-state index in [1.807, 2.05) is 30.3 Å². The molecule has 2 aliphatic rings. The van der Waals surface area contributed by atoms with Gasteiger partial charge in [-0.15, -0.1) is 0 Å². The van der Waals surface area contributed by atoms with Gasteiger partial charge in [-0.25, -0.2) is 4.98 Å². The number of likely N-dealkylation sites (tertiary alicyclic amines) is 1. The molecule has 4 rings (SSSR count). The minimum atomic E-state index is -0.172. The Morgan fingerprint density at radius 3 is 2.48 bits per heavy atom. The van der Waals surface area contributed by atoms with Crippen molar-refractivity contribution in [2.24, 2.45) is 5.92 Å². The standard InChI is InChI=1S/C23H25N3O5/c1-16-21(30-14-13-29-16)23(28)26-11-9-17(10-12-26)22(27)25-18-7-8-20(24-15-18)31-19-5-3-2-4-6-19/h2-8,15,17H,9-14H2,1H3,(H,25,27). The molecule has 0 unspecified atom stereocenters. The summed E-state index contributed by atoms with van der Waals surface area (Å²) in [7, 11) is 0. The number of amides is 2. The number of hydrogen-bond acceptors (Lipinski definition) is 6. The number of rotatable bonds is 5. The third-order valence-corrected chi connectivity index (χ3v) is 5.28. The number of benzene rings is 1. The van der Waals surface area contributed by atoms with Crippen LogP contribution in [-0.2, 0) is 19.1 Å². The lowest BCUT2D eigenvalue weighted by atomic mass is 9.95. The van der Waals surface area contributed by atoms with Crippen molar-refractivity contribution in [3.8, 4) is 11.6 Å². The Morgan fingerprint density at radius 2 is 1.81 bits per heavy atom. The number of pyridine rings is 1. The normalized spacial score (nSPS) is 16.9. The number of nitrogens with one attached hydrogen (secondary N) is 1. The molecule has 0 bridgehead atoms. The summed E-state index contributed by atoms with van der Waals surface area (Å²) in [5.74, 6) is 1.54. The molecular formula is C23H25N3O5. The Balaban J connectivity index is 1.27. The van der Waals surface area contributed by atoms with E-state index < -0.39 is 0 Å². The number of carbonyl (C=O) groups excluding carboxylic acids is 2. The largest absolute Gasteiger partial charge is 0.491 e. The molecule has 0 atom stereocenters. The van der Waals surface area contributed by atoms with Gasteiger partial charge in [-0.1, -0.05) is 18.2 Å². The van der Waals surface area contributed by atoms with E-state index in [0.717, 1.165) is 0 Å². The summed E-state index contributed by atoms with van der Waals surface area (Å²) in [6.07, 6.45) is 2.76. The average molecular weight is 423 g/mol. The number of piperidine rings is 1. The van der Waals surface area contributed by atoms with Gasteiger partial charge < -0.3 is 24.4 Å². The lowest BCUT2D eigenvalue weighted by molar-refractivity contribution is -0.135. The van der Waals surface area contributed by atoms with Crippen LogP contribution in [0.1, 0.15) is 19.8 Å². The zero-order valence-corrected chi connectivity index (χ0v) is 17.4. The van der Waals surface area contributed by atoms with E-state index in [-0.39, 0.29) is 23.5 Å². The minimum Gasteiger partial charge on any atom is -0.491 e. The van der Waals surface area contributed by atoms with Crippen LogP contribution in [0.2, 0.25) is 0 Å². The summed E-state index contributed by atoms with van der Waals surface area (Å²) in [4.78, 5) is 31.2. The van der Waals surface area contributed by atoms with Gasteiger partial charge in [0.25, 0.3) is 5.91 Å². The molecular weight excluding hydrogens is 398 g/mol. The van der Waals surface area contributed by atoms with E-state index >= 15 is 0 Å². The summed E-state index contributed by atoms with van der Waals surface area (Å²) >= 11 is 0. The maximum atomic E-state index is 12.6. The van der Waals surface area contributed by atoms with Crippen LogP contribution in [-0.4, -0.2) is 48.0 Å². The predicted octanol–water partition coefficient (Wildman–Crippen LogP) is 3.33. The van der Waals surface area contributed by atoms with Crippen molar-refractivity contribution >= 4 is 17.5 Å². The Kier molecular flexibility index (Phi) is 6.35.